The maximum Gasteiger partial charge on any atom is 0.402 e. The van der Waals surface area contributed by atoms with E-state index in [0.717, 1.165) is 10.0 Å². The second-order valence-electron chi connectivity index (χ2n) is 8.93. The molecule has 4 rings (SSSR count). The van der Waals surface area contributed by atoms with Crippen molar-refractivity contribution in [1.29, 1.82) is 0 Å². The molecule has 206 valence electrons. The number of rotatable bonds is 11. The van der Waals surface area contributed by atoms with Crippen molar-refractivity contribution in [3.05, 3.63) is 100 Å². The van der Waals surface area contributed by atoms with Gasteiger partial charge in [0.25, 0.3) is 5.91 Å². The minimum absolute atomic E-state index is 0.0178. The average molecular weight is 606 g/mol. The average Bonchev–Trinajstić information content (AvgIpc) is 3.31. The van der Waals surface area contributed by atoms with Crippen molar-refractivity contribution in [2.24, 2.45) is 4.99 Å². The van der Waals surface area contributed by atoms with Gasteiger partial charge in [0.05, 0.1) is 6.61 Å². The number of aliphatic hydroxyl groups is 1. The van der Waals surface area contributed by atoms with Gasteiger partial charge in [-0.1, -0.05) is 58.4 Å². The van der Waals surface area contributed by atoms with E-state index < -0.39 is 30.3 Å². The Bertz CT molecular complexity index is 1270. The van der Waals surface area contributed by atoms with Gasteiger partial charge in [-0.25, -0.2) is 10.4 Å². The zero-order valence-electron chi connectivity index (χ0n) is 20.7. The molecule has 0 radical (unpaired) electrons. The van der Waals surface area contributed by atoms with Gasteiger partial charge in [0.2, 0.25) is 5.90 Å². The fraction of sp³-hybridized carbons (Fsp3) is 0.286. The first kappa shape index (κ1) is 28.6. The predicted molar refractivity (Wildman–Crippen MR) is 143 cm³/mol. The van der Waals surface area contributed by atoms with Gasteiger partial charge >= 0.3 is 6.18 Å². The highest BCUT2D eigenvalue weighted by Gasteiger charge is 2.53. The van der Waals surface area contributed by atoms with Crippen LogP contribution in [0.5, 0.6) is 5.75 Å². The molecule has 3 aromatic rings. The Balaban J connectivity index is 1.73. The van der Waals surface area contributed by atoms with E-state index in [-0.39, 0.29) is 18.9 Å². The van der Waals surface area contributed by atoms with Crippen molar-refractivity contribution in [3.63, 3.8) is 0 Å². The summed E-state index contributed by atoms with van der Waals surface area (Å²) in [4.78, 5) is 18.5. The molecule has 1 aliphatic rings. The van der Waals surface area contributed by atoms with Crippen LogP contribution in [0.4, 0.5) is 13.2 Å². The van der Waals surface area contributed by atoms with Crippen LogP contribution in [0.15, 0.2) is 88.3 Å². The molecule has 0 fully saturated rings. The SMILES string of the molecule is O=C(NNCC(F)(F)F)[C@@]1(Cc2ccc(Br)cc2)N=C(c2ccc(OCCCO)cc2)O[C@H]1c1ccccc1. The van der Waals surface area contributed by atoms with E-state index in [1.807, 2.05) is 35.8 Å². The van der Waals surface area contributed by atoms with Crippen LogP contribution in [0.3, 0.4) is 0 Å². The number of halogens is 4. The van der Waals surface area contributed by atoms with Crippen molar-refractivity contribution >= 4 is 27.7 Å². The van der Waals surface area contributed by atoms with Crippen LogP contribution >= 0.6 is 15.9 Å². The van der Waals surface area contributed by atoms with E-state index in [0.29, 0.717) is 29.9 Å². The van der Waals surface area contributed by atoms with Crippen molar-refractivity contribution in [1.82, 2.24) is 10.9 Å². The Morgan fingerprint density at radius 3 is 2.38 bits per heavy atom. The maximum atomic E-state index is 13.7. The van der Waals surface area contributed by atoms with Crippen LogP contribution in [0.25, 0.3) is 0 Å². The van der Waals surface area contributed by atoms with Crippen LogP contribution in [-0.4, -0.2) is 48.4 Å². The largest absolute Gasteiger partial charge is 0.494 e. The van der Waals surface area contributed by atoms with Gasteiger partial charge in [0.15, 0.2) is 11.6 Å². The number of aliphatic imine (C=N–C) groups is 1. The molecule has 0 bridgehead atoms. The molecule has 0 saturated carbocycles. The van der Waals surface area contributed by atoms with Crippen molar-refractivity contribution in [3.8, 4) is 5.75 Å². The Kier molecular flexibility index (Phi) is 9.26. The highest BCUT2D eigenvalue weighted by atomic mass is 79.9. The van der Waals surface area contributed by atoms with E-state index in [1.54, 1.807) is 48.5 Å². The first-order valence-corrected chi connectivity index (χ1v) is 13.0. The summed E-state index contributed by atoms with van der Waals surface area (Å²) < 4.78 is 51.2. The molecule has 7 nitrogen and oxygen atoms in total. The number of ether oxygens (including phenoxy) is 2. The molecule has 2 atom stereocenters. The zero-order valence-corrected chi connectivity index (χ0v) is 22.3. The number of carbonyl (C=O) groups excluding carboxylic acids is 1. The number of amides is 1. The minimum atomic E-state index is -4.52. The summed E-state index contributed by atoms with van der Waals surface area (Å²) in [5, 5.41) is 8.95. The highest BCUT2D eigenvalue weighted by Crippen LogP contribution is 2.42. The number of nitrogens with one attached hydrogen (secondary N) is 2. The highest BCUT2D eigenvalue weighted by molar-refractivity contribution is 9.10. The van der Waals surface area contributed by atoms with Crippen LogP contribution < -0.4 is 15.6 Å². The van der Waals surface area contributed by atoms with Crippen molar-refractivity contribution in [2.45, 2.75) is 30.7 Å². The number of aliphatic hydroxyl groups excluding tert-OH is 1. The van der Waals surface area contributed by atoms with Gasteiger partial charge < -0.3 is 14.6 Å². The molecule has 1 amide bonds. The first-order valence-electron chi connectivity index (χ1n) is 12.2. The number of nitrogens with zero attached hydrogens (tertiary/aromatic N) is 1. The third-order valence-electron chi connectivity index (χ3n) is 6.01. The van der Waals surface area contributed by atoms with Gasteiger partial charge in [-0.15, -0.1) is 0 Å². The van der Waals surface area contributed by atoms with Crippen molar-refractivity contribution < 1.29 is 32.5 Å². The maximum absolute atomic E-state index is 13.7. The van der Waals surface area contributed by atoms with Crippen LogP contribution in [0, 0.1) is 0 Å². The lowest BCUT2D eigenvalue weighted by Gasteiger charge is -2.31. The smallest absolute Gasteiger partial charge is 0.402 e. The number of hydrogen-bond acceptors (Lipinski definition) is 6. The molecular weight excluding hydrogens is 579 g/mol. The van der Waals surface area contributed by atoms with E-state index >= 15 is 0 Å². The van der Waals surface area contributed by atoms with Gasteiger partial charge in [-0.2, -0.15) is 13.2 Å². The zero-order chi connectivity index (χ0) is 27.9. The lowest BCUT2D eigenvalue weighted by molar-refractivity contribution is -0.136. The molecule has 0 aliphatic carbocycles. The molecular formula is C28H27BrF3N3O4. The van der Waals surface area contributed by atoms with E-state index in [9.17, 15) is 18.0 Å². The molecule has 0 saturated heterocycles. The summed E-state index contributed by atoms with van der Waals surface area (Å²) in [6, 6.07) is 23.1. The fourth-order valence-electron chi connectivity index (χ4n) is 4.16. The third-order valence-corrected chi connectivity index (χ3v) is 6.54. The Morgan fingerprint density at radius 1 is 1.05 bits per heavy atom. The summed E-state index contributed by atoms with van der Waals surface area (Å²) in [6.45, 7) is -1.03. The molecule has 11 heteroatoms. The lowest BCUT2D eigenvalue weighted by atomic mass is 9.82. The second kappa shape index (κ2) is 12.6. The number of alkyl halides is 3. The summed E-state index contributed by atoms with van der Waals surface area (Å²) in [7, 11) is 0. The minimum Gasteiger partial charge on any atom is -0.494 e. The monoisotopic (exact) mass is 605 g/mol. The fourth-order valence-corrected chi connectivity index (χ4v) is 4.42. The summed E-state index contributed by atoms with van der Waals surface area (Å²) >= 11 is 3.40. The Hall–Kier alpha value is -3.41. The van der Waals surface area contributed by atoms with E-state index in [1.165, 1.54) is 0 Å². The van der Waals surface area contributed by atoms with E-state index in [4.69, 9.17) is 19.6 Å². The first-order chi connectivity index (χ1) is 18.7. The van der Waals surface area contributed by atoms with Crippen molar-refractivity contribution in [2.75, 3.05) is 19.8 Å². The molecule has 1 aliphatic heterocycles. The molecule has 3 N–H and O–H groups in total. The third kappa shape index (κ3) is 7.37. The quantitative estimate of drug-likeness (QED) is 0.214. The molecule has 3 aromatic carbocycles. The lowest BCUT2D eigenvalue weighted by Crippen LogP contribution is -2.55. The predicted octanol–water partition coefficient (Wildman–Crippen LogP) is 4.89. The standard InChI is InChI=1S/C28H27BrF3N3O4/c29-22-11-7-19(8-12-22)17-27(26(37)35-33-18-28(30,31)32)24(20-5-2-1-3-6-20)39-25(34-27)21-9-13-23(14-10-21)38-16-4-15-36/h1-3,5-14,24,33,36H,4,15-18H2,(H,35,37)/t24-,27-/m0/s1. The molecule has 0 aromatic heterocycles. The summed E-state index contributed by atoms with van der Waals surface area (Å²) in [5.74, 6) is -0.00283. The Labute approximate surface area is 232 Å². The molecule has 0 spiro atoms. The van der Waals surface area contributed by atoms with Crippen LogP contribution in [0.2, 0.25) is 0 Å². The normalized spacial score (nSPS) is 18.8. The van der Waals surface area contributed by atoms with Gasteiger partial charge in [0.1, 0.15) is 12.3 Å². The summed E-state index contributed by atoms with van der Waals surface area (Å²) in [5.41, 5.74) is 4.53. The summed E-state index contributed by atoms with van der Waals surface area (Å²) in [6.07, 6.45) is -4.89. The topological polar surface area (TPSA) is 92.2 Å². The van der Waals surface area contributed by atoms with Gasteiger partial charge in [-0.05, 0) is 47.5 Å². The number of hydrogen-bond donors (Lipinski definition) is 3. The number of hydrazine groups is 1. The van der Waals surface area contributed by atoms with Crippen LogP contribution in [-0.2, 0) is 16.0 Å². The molecule has 0 unspecified atom stereocenters. The van der Waals surface area contributed by atoms with Gasteiger partial charge in [0, 0.05) is 29.5 Å². The van der Waals surface area contributed by atoms with E-state index in [2.05, 4.69) is 21.4 Å². The second-order valence-corrected chi connectivity index (χ2v) is 9.84. The van der Waals surface area contributed by atoms with Crippen LogP contribution in [0.1, 0.15) is 29.2 Å². The number of benzene rings is 3. The molecule has 39 heavy (non-hydrogen) atoms. The van der Waals surface area contributed by atoms with Gasteiger partial charge in [-0.3, -0.25) is 10.2 Å². The number of carbonyl (C=O) groups is 1. The molecule has 1 heterocycles. The Morgan fingerprint density at radius 2 is 1.74 bits per heavy atom.